The van der Waals surface area contributed by atoms with E-state index in [0.29, 0.717) is 24.2 Å². The van der Waals surface area contributed by atoms with Gasteiger partial charge in [0.05, 0.1) is 18.8 Å². The normalized spacial score (nSPS) is 25.7. The van der Waals surface area contributed by atoms with Crippen molar-refractivity contribution in [2.45, 2.75) is 25.3 Å². The van der Waals surface area contributed by atoms with Crippen molar-refractivity contribution >= 4 is 23.7 Å². The molecule has 1 fully saturated rings. The third-order valence-corrected chi connectivity index (χ3v) is 5.85. The molecule has 1 aromatic heterocycles. The lowest BCUT2D eigenvalue weighted by atomic mass is 10.0. The van der Waals surface area contributed by atoms with Crippen molar-refractivity contribution in [3.8, 4) is 5.75 Å². The van der Waals surface area contributed by atoms with Crippen LogP contribution < -0.4 is 10.3 Å². The molecule has 6 heteroatoms. The molecule has 2 unspecified atom stereocenters. The van der Waals surface area contributed by atoms with Crippen molar-refractivity contribution in [1.29, 1.82) is 0 Å². The average Bonchev–Trinajstić information content (AvgIpc) is 3.31. The van der Waals surface area contributed by atoms with Gasteiger partial charge in [0.2, 0.25) is 0 Å². The summed E-state index contributed by atoms with van der Waals surface area (Å²) in [4.78, 5) is 29.3. The Morgan fingerprint density at radius 2 is 2.11 bits per heavy atom. The fourth-order valence-electron chi connectivity index (χ4n) is 4.20. The average molecular weight is 362 g/mol. The monoisotopic (exact) mass is 362 g/mol. The highest BCUT2D eigenvalue weighted by Gasteiger charge is 2.62. The standard InChI is InChI=1S/C21H18N2O4/c1-27-14-5-2-12(3-6-14)10-13-4-7-15-18(13)22-17-8-9-21(20(25)26)11-16(21)23(17)19(15)24/h2-3,5-6,8-10,16H,4,7,11H2,1H3,(H,25,26). The van der Waals surface area contributed by atoms with Gasteiger partial charge in [-0.1, -0.05) is 18.2 Å². The van der Waals surface area contributed by atoms with E-state index in [0.717, 1.165) is 29.0 Å². The van der Waals surface area contributed by atoms with Crippen LogP contribution in [0.15, 0.2) is 35.1 Å². The van der Waals surface area contributed by atoms with Crippen LogP contribution in [-0.2, 0) is 11.2 Å². The molecule has 136 valence electrons. The molecule has 0 radical (unpaired) electrons. The first kappa shape index (κ1) is 16.1. The number of carboxylic acids is 1. The van der Waals surface area contributed by atoms with Crippen LogP contribution in [0.1, 0.15) is 41.5 Å². The molecule has 1 aromatic carbocycles. The Hall–Kier alpha value is -3.15. The highest BCUT2D eigenvalue weighted by Crippen LogP contribution is 2.59. The number of nitrogens with zero attached hydrogens (tertiary/aromatic N) is 2. The van der Waals surface area contributed by atoms with Gasteiger partial charge in [0.1, 0.15) is 17.0 Å². The van der Waals surface area contributed by atoms with Crippen molar-refractivity contribution < 1.29 is 14.6 Å². The van der Waals surface area contributed by atoms with Gasteiger partial charge in [0.15, 0.2) is 0 Å². The number of aromatic nitrogens is 2. The minimum Gasteiger partial charge on any atom is -0.497 e. The lowest BCUT2D eigenvalue weighted by Gasteiger charge is -2.18. The molecule has 0 spiro atoms. The fraction of sp³-hybridized carbons (Fsp3) is 0.286. The molecule has 6 nitrogen and oxygen atoms in total. The van der Waals surface area contributed by atoms with Gasteiger partial charge in [-0.25, -0.2) is 4.98 Å². The first-order valence-corrected chi connectivity index (χ1v) is 8.96. The second kappa shape index (κ2) is 5.42. The Morgan fingerprint density at radius 3 is 2.81 bits per heavy atom. The van der Waals surface area contributed by atoms with Gasteiger partial charge in [-0.2, -0.15) is 0 Å². The summed E-state index contributed by atoms with van der Waals surface area (Å²) in [7, 11) is 1.63. The Bertz CT molecular complexity index is 1090. The third-order valence-electron chi connectivity index (χ3n) is 5.85. The number of allylic oxidation sites excluding steroid dienone is 1. The summed E-state index contributed by atoms with van der Waals surface area (Å²) in [6.07, 6.45) is 7.28. The van der Waals surface area contributed by atoms with Gasteiger partial charge in [-0.05, 0) is 54.7 Å². The fourth-order valence-corrected chi connectivity index (χ4v) is 4.20. The highest BCUT2D eigenvalue weighted by atomic mass is 16.5. The van der Waals surface area contributed by atoms with Crippen molar-refractivity contribution in [1.82, 2.24) is 9.55 Å². The minimum absolute atomic E-state index is 0.0920. The van der Waals surface area contributed by atoms with Crippen molar-refractivity contribution in [3.63, 3.8) is 0 Å². The van der Waals surface area contributed by atoms with Crippen molar-refractivity contribution in [2.24, 2.45) is 5.41 Å². The van der Waals surface area contributed by atoms with Crippen LogP contribution in [0.5, 0.6) is 5.75 Å². The first-order chi connectivity index (χ1) is 13.0. The Labute approximate surface area is 155 Å². The molecule has 2 aromatic rings. The van der Waals surface area contributed by atoms with Gasteiger partial charge in [-0.3, -0.25) is 14.2 Å². The zero-order valence-corrected chi connectivity index (χ0v) is 14.8. The van der Waals surface area contributed by atoms with E-state index in [1.165, 1.54) is 0 Å². The van der Waals surface area contributed by atoms with Gasteiger partial charge in [0.25, 0.3) is 5.56 Å². The van der Waals surface area contributed by atoms with Crippen LogP contribution in [0.3, 0.4) is 0 Å². The maximum absolute atomic E-state index is 13.0. The second-order valence-electron chi connectivity index (χ2n) is 7.31. The molecule has 0 amide bonds. The molecule has 0 saturated heterocycles. The van der Waals surface area contributed by atoms with Crippen LogP contribution in [0, 0.1) is 5.41 Å². The SMILES string of the molecule is COc1ccc(C=C2CCc3c2nc2n(c3=O)C3CC3(C(=O)O)C=C2)cc1. The zero-order valence-electron chi connectivity index (χ0n) is 14.8. The number of hydrogen-bond donors (Lipinski definition) is 1. The molecule has 1 N–H and O–H groups in total. The predicted molar refractivity (Wildman–Crippen MR) is 100 cm³/mol. The number of carboxylic acid groups (broad SMARTS) is 1. The highest BCUT2D eigenvalue weighted by molar-refractivity contribution is 5.86. The van der Waals surface area contributed by atoms with Gasteiger partial charge in [-0.15, -0.1) is 0 Å². The maximum atomic E-state index is 13.0. The molecule has 2 heterocycles. The second-order valence-corrected chi connectivity index (χ2v) is 7.31. The van der Waals surface area contributed by atoms with E-state index in [9.17, 15) is 14.7 Å². The number of carbonyl (C=O) groups is 1. The number of fused-ring (bicyclic) bond motifs is 4. The Morgan fingerprint density at radius 1 is 1.33 bits per heavy atom. The Kier molecular flexibility index (Phi) is 3.22. The number of rotatable bonds is 3. The van der Waals surface area contributed by atoms with E-state index in [1.54, 1.807) is 23.8 Å². The van der Waals surface area contributed by atoms with E-state index in [-0.39, 0.29) is 11.6 Å². The van der Waals surface area contributed by atoms with Gasteiger partial charge in [0, 0.05) is 5.56 Å². The van der Waals surface area contributed by atoms with Crippen LogP contribution >= 0.6 is 0 Å². The van der Waals surface area contributed by atoms with E-state index >= 15 is 0 Å². The molecule has 27 heavy (non-hydrogen) atoms. The molecule has 2 atom stereocenters. The summed E-state index contributed by atoms with van der Waals surface area (Å²) in [6, 6.07) is 7.44. The smallest absolute Gasteiger partial charge is 0.315 e. The zero-order chi connectivity index (χ0) is 18.8. The third kappa shape index (κ3) is 2.22. The quantitative estimate of drug-likeness (QED) is 0.908. The molecule has 1 aliphatic heterocycles. The van der Waals surface area contributed by atoms with E-state index < -0.39 is 11.4 Å². The molecule has 0 bridgehead atoms. The summed E-state index contributed by atoms with van der Waals surface area (Å²) < 4.78 is 6.77. The topological polar surface area (TPSA) is 81.4 Å². The lowest BCUT2D eigenvalue weighted by molar-refractivity contribution is -0.141. The van der Waals surface area contributed by atoms with Gasteiger partial charge >= 0.3 is 5.97 Å². The summed E-state index contributed by atoms with van der Waals surface area (Å²) in [5.74, 6) is 0.480. The molecule has 3 aliphatic rings. The maximum Gasteiger partial charge on any atom is 0.315 e. The minimum atomic E-state index is -0.924. The molecule has 1 saturated carbocycles. The van der Waals surface area contributed by atoms with E-state index in [4.69, 9.17) is 9.72 Å². The number of hydrogen-bond acceptors (Lipinski definition) is 4. The summed E-state index contributed by atoms with van der Waals surface area (Å²) >= 11 is 0. The summed E-state index contributed by atoms with van der Waals surface area (Å²) in [5, 5.41) is 9.49. The van der Waals surface area contributed by atoms with Crippen molar-refractivity contribution in [2.75, 3.05) is 7.11 Å². The Balaban J connectivity index is 1.57. The number of ether oxygens (including phenoxy) is 1. The van der Waals surface area contributed by atoms with Crippen LogP contribution in [-0.4, -0.2) is 27.7 Å². The first-order valence-electron chi connectivity index (χ1n) is 8.96. The molecule has 2 aliphatic carbocycles. The predicted octanol–water partition coefficient (Wildman–Crippen LogP) is 2.78. The van der Waals surface area contributed by atoms with E-state index in [1.807, 2.05) is 24.3 Å². The molecular weight excluding hydrogens is 344 g/mol. The number of methoxy groups -OCH3 is 1. The lowest BCUT2D eigenvalue weighted by Crippen LogP contribution is -2.31. The van der Waals surface area contributed by atoms with Crippen LogP contribution in [0.2, 0.25) is 0 Å². The van der Waals surface area contributed by atoms with E-state index in [2.05, 4.69) is 6.08 Å². The van der Waals surface area contributed by atoms with Crippen LogP contribution in [0.25, 0.3) is 17.7 Å². The number of aliphatic carboxylic acids is 1. The largest absolute Gasteiger partial charge is 0.497 e. The van der Waals surface area contributed by atoms with Gasteiger partial charge < -0.3 is 9.84 Å². The number of benzene rings is 1. The van der Waals surface area contributed by atoms with Crippen molar-refractivity contribution in [3.05, 3.63) is 63.3 Å². The summed E-state index contributed by atoms with van der Waals surface area (Å²) in [6.45, 7) is 0. The van der Waals surface area contributed by atoms with Crippen LogP contribution in [0.4, 0.5) is 0 Å². The molecule has 5 rings (SSSR count). The molecular formula is C21H18N2O4. The summed E-state index contributed by atoms with van der Waals surface area (Å²) in [5.41, 5.74) is 2.49.